The summed E-state index contributed by atoms with van der Waals surface area (Å²) in [6.45, 7) is 3.78. The van der Waals surface area contributed by atoms with Crippen LogP contribution in [0.15, 0.2) is 24.3 Å². The van der Waals surface area contributed by atoms with Gasteiger partial charge in [0, 0.05) is 19.5 Å². The summed E-state index contributed by atoms with van der Waals surface area (Å²) in [5, 5.41) is 3.29. The van der Waals surface area contributed by atoms with E-state index in [1.165, 1.54) is 11.1 Å². The summed E-state index contributed by atoms with van der Waals surface area (Å²) >= 11 is 0. The number of Topliss-reactive ketones (excluding diaryl/α,β-unsaturated/α-hetero) is 1. The van der Waals surface area contributed by atoms with Crippen LogP contribution in [0.2, 0.25) is 0 Å². The molecular formula is C13H17NO. The fraction of sp³-hybridized carbons (Fsp3) is 0.462. The fourth-order valence-corrected chi connectivity index (χ4v) is 2.23. The van der Waals surface area contributed by atoms with Crippen LogP contribution in [0.5, 0.6) is 0 Å². The first-order valence-corrected chi connectivity index (χ1v) is 5.64. The van der Waals surface area contributed by atoms with E-state index in [9.17, 15) is 4.79 Å². The maximum atomic E-state index is 11.8. The quantitative estimate of drug-likeness (QED) is 0.795. The van der Waals surface area contributed by atoms with Crippen molar-refractivity contribution in [3.8, 4) is 0 Å². The Labute approximate surface area is 90.7 Å². The lowest BCUT2D eigenvalue weighted by Gasteiger charge is -2.23. The van der Waals surface area contributed by atoms with Crippen molar-refractivity contribution in [2.24, 2.45) is 0 Å². The molecule has 80 valence electrons. The number of hydrogen-bond acceptors (Lipinski definition) is 2. The highest BCUT2D eigenvalue weighted by Gasteiger charge is 2.24. The highest BCUT2D eigenvalue weighted by atomic mass is 16.1. The predicted molar refractivity (Wildman–Crippen MR) is 61.1 cm³/mol. The van der Waals surface area contributed by atoms with Crippen LogP contribution in [0.4, 0.5) is 0 Å². The maximum Gasteiger partial charge on any atom is 0.142 e. The molecule has 1 fully saturated rings. The second-order valence-corrected chi connectivity index (χ2v) is 4.03. The van der Waals surface area contributed by atoms with Crippen LogP contribution < -0.4 is 5.32 Å². The molecule has 15 heavy (non-hydrogen) atoms. The number of hydrogen-bond donors (Lipinski definition) is 1. The van der Waals surface area contributed by atoms with Crippen LogP contribution in [0.25, 0.3) is 0 Å². The molecule has 1 aromatic rings. The van der Waals surface area contributed by atoms with Crippen LogP contribution in [0.3, 0.4) is 0 Å². The maximum absolute atomic E-state index is 11.8. The van der Waals surface area contributed by atoms with Gasteiger partial charge in [-0.3, -0.25) is 4.79 Å². The number of aryl methyl sites for hydroxylation is 1. The molecule has 0 amide bonds. The number of carbonyl (C=O) groups is 1. The van der Waals surface area contributed by atoms with Crippen LogP contribution in [0.1, 0.15) is 30.4 Å². The Morgan fingerprint density at radius 3 is 2.93 bits per heavy atom. The van der Waals surface area contributed by atoms with E-state index in [4.69, 9.17) is 0 Å². The summed E-state index contributed by atoms with van der Waals surface area (Å²) in [6, 6.07) is 8.28. The van der Waals surface area contributed by atoms with Crippen molar-refractivity contribution in [3.63, 3.8) is 0 Å². The molecule has 1 aromatic carbocycles. The molecule has 0 spiro atoms. The van der Waals surface area contributed by atoms with E-state index in [2.05, 4.69) is 24.4 Å². The average Bonchev–Trinajstić information content (AvgIpc) is 2.30. The molecule has 0 aromatic heterocycles. The summed E-state index contributed by atoms with van der Waals surface area (Å²) in [4.78, 5) is 11.8. The normalized spacial score (nSPS) is 21.7. The van der Waals surface area contributed by atoms with E-state index in [1.807, 2.05) is 12.1 Å². The van der Waals surface area contributed by atoms with Gasteiger partial charge in [-0.1, -0.05) is 31.2 Å². The van der Waals surface area contributed by atoms with Crippen molar-refractivity contribution in [2.45, 2.75) is 25.7 Å². The Morgan fingerprint density at radius 2 is 2.20 bits per heavy atom. The molecule has 1 unspecified atom stereocenters. The van der Waals surface area contributed by atoms with E-state index in [-0.39, 0.29) is 5.92 Å². The Balaban J connectivity index is 2.30. The number of ketones is 1. The zero-order valence-corrected chi connectivity index (χ0v) is 9.12. The Bertz CT molecular complexity index is 359. The molecule has 1 N–H and O–H groups in total. The van der Waals surface area contributed by atoms with Gasteiger partial charge in [0.1, 0.15) is 5.78 Å². The molecule has 0 aliphatic carbocycles. The molecule has 0 radical (unpaired) electrons. The van der Waals surface area contributed by atoms with Crippen molar-refractivity contribution in [3.05, 3.63) is 35.4 Å². The second-order valence-electron chi connectivity index (χ2n) is 4.03. The van der Waals surface area contributed by atoms with Crippen LogP contribution >= 0.6 is 0 Å². The lowest BCUT2D eigenvalue weighted by atomic mass is 9.87. The Morgan fingerprint density at radius 1 is 1.40 bits per heavy atom. The molecule has 1 saturated heterocycles. The second kappa shape index (κ2) is 4.58. The molecule has 0 bridgehead atoms. The summed E-state index contributed by atoms with van der Waals surface area (Å²) in [7, 11) is 0. The highest BCUT2D eigenvalue weighted by molar-refractivity contribution is 5.87. The zero-order valence-electron chi connectivity index (χ0n) is 9.12. The van der Waals surface area contributed by atoms with Crippen LogP contribution in [-0.2, 0) is 11.2 Å². The van der Waals surface area contributed by atoms with Crippen molar-refractivity contribution in [2.75, 3.05) is 13.1 Å². The van der Waals surface area contributed by atoms with Crippen LogP contribution in [0, 0.1) is 0 Å². The Hall–Kier alpha value is -1.15. The molecule has 1 atom stereocenters. The van der Waals surface area contributed by atoms with Crippen molar-refractivity contribution >= 4 is 5.78 Å². The molecule has 2 nitrogen and oxygen atoms in total. The van der Waals surface area contributed by atoms with Gasteiger partial charge in [-0.15, -0.1) is 0 Å². The molecule has 2 heteroatoms. The number of benzene rings is 1. The standard InChI is InChI=1S/C13H17NO/c1-2-10-5-3-4-6-11(10)12-9-14-8-7-13(12)15/h3-6,12,14H,2,7-9H2,1H3. The van der Waals surface area contributed by atoms with E-state index in [1.54, 1.807) is 0 Å². The minimum absolute atomic E-state index is 0.0786. The lowest BCUT2D eigenvalue weighted by Crippen LogP contribution is -2.35. The Kier molecular flexibility index (Phi) is 3.17. The van der Waals surface area contributed by atoms with Crippen LogP contribution in [-0.4, -0.2) is 18.9 Å². The van der Waals surface area contributed by atoms with Crippen molar-refractivity contribution in [1.82, 2.24) is 5.32 Å². The number of nitrogens with one attached hydrogen (secondary N) is 1. The lowest BCUT2D eigenvalue weighted by molar-refractivity contribution is -0.121. The van der Waals surface area contributed by atoms with E-state index in [0.29, 0.717) is 12.2 Å². The SMILES string of the molecule is CCc1ccccc1C1CNCCC1=O. The minimum atomic E-state index is 0.0786. The van der Waals surface area contributed by atoms with Gasteiger partial charge in [-0.05, 0) is 17.5 Å². The summed E-state index contributed by atoms with van der Waals surface area (Å²) in [6.07, 6.45) is 1.67. The smallest absolute Gasteiger partial charge is 0.142 e. The average molecular weight is 203 g/mol. The first kappa shape index (κ1) is 10.4. The first-order valence-electron chi connectivity index (χ1n) is 5.64. The van der Waals surface area contributed by atoms with Gasteiger partial charge in [-0.25, -0.2) is 0 Å². The topological polar surface area (TPSA) is 29.1 Å². The minimum Gasteiger partial charge on any atom is -0.315 e. The molecular weight excluding hydrogens is 186 g/mol. The highest BCUT2D eigenvalue weighted by Crippen LogP contribution is 2.24. The van der Waals surface area contributed by atoms with Crippen molar-refractivity contribution in [1.29, 1.82) is 0 Å². The van der Waals surface area contributed by atoms with Crippen molar-refractivity contribution < 1.29 is 4.79 Å². The summed E-state index contributed by atoms with van der Waals surface area (Å²) in [5.74, 6) is 0.463. The zero-order chi connectivity index (χ0) is 10.7. The molecule has 2 rings (SSSR count). The van der Waals surface area contributed by atoms with Gasteiger partial charge >= 0.3 is 0 Å². The molecule has 1 aliphatic rings. The number of rotatable bonds is 2. The summed E-state index contributed by atoms with van der Waals surface area (Å²) < 4.78 is 0. The van der Waals surface area contributed by atoms with Gasteiger partial charge in [0.15, 0.2) is 0 Å². The predicted octanol–water partition coefficient (Wildman–Crippen LogP) is 1.90. The largest absolute Gasteiger partial charge is 0.315 e. The van der Waals surface area contributed by atoms with Gasteiger partial charge in [0.2, 0.25) is 0 Å². The third-order valence-electron chi connectivity index (χ3n) is 3.10. The molecule has 1 heterocycles. The van der Waals surface area contributed by atoms with E-state index < -0.39 is 0 Å². The van der Waals surface area contributed by atoms with Gasteiger partial charge in [-0.2, -0.15) is 0 Å². The monoisotopic (exact) mass is 203 g/mol. The van der Waals surface area contributed by atoms with Gasteiger partial charge in [0.25, 0.3) is 0 Å². The number of carbonyl (C=O) groups excluding carboxylic acids is 1. The van der Waals surface area contributed by atoms with Gasteiger partial charge < -0.3 is 5.32 Å². The molecule has 0 saturated carbocycles. The van der Waals surface area contributed by atoms with E-state index in [0.717, 1.165) is 19.5 Å². The third-order valence-corrected chi connectivity index (χ3v) is 3.10. The fourth-order valence-electron chi connectivity index (χ4n) is 2.23. The number of piperidine rings is 1. The molecule has 1 aliphatic heterocycles. The third kappa shape index (κ3) is 2.10. The van der Waals surface area contributed by atoms with E-state index >= 15 is 0 Å². The summed E-state index contributed by atoms with van der Waals surface area (Å²) in [5.41, 5.74) is 2.52. The first-order chi connectivity index (χ1) is 7.33. The van der Waals surface area contributed by atoms with Gasteiger partial charge in [0.05, 0.1) is 5.92 Å².